The van der Waals surface area contributed by atoms with Gasteiger partial charge in [-0.05, 0) is 13.0 Å². The SMILES string of the molecule is Cl.O=C(NCC1=CCNCC1)c1cc(-c2ccccc2)no1. The van der Waals surface area contributed by atoms with E-state index in [2.05, 4.69) is 21.9 Å². The predicted octanol–water partition coefficient (Wildman–Crippen LogP) is 2.41. The van der Waals surface area contributed by atoms with Crippen LogP contribution in [0.2, 0.25) is 0 Å². The Bertz CT molecular complexity index is 652. The monoisotopic (exact) mass is 319 g/mol. The Morgan fingerprint density at radius 1 is 1.32 bits per heavy atom. The van der Waals surface area contributed by atoms with Crippen LogP contribution < -0.4 is 10.6 Å². The fourth-order valence-corrected chi connectivity index (χ4v) is 2.24. The fourth-order valence-electron chi connectivity index (χ4n) is 2.24. The molecule has 1 aromatic heterocycles. The van der Waals surface area contributed by atoms with Crippen LogP contribution in [0.3, 0.4) is 0 Å². The zero-order chi connectivity index (χ0) is 14.5. The molecule has 0 fully saturated rings. The first-order chi connectivity index (χ1) is 10.3. The van der Waals surface area contributed by atoms with E-state index in [-0.39, 0.29) is 24.1 Å². The van der Waals surface area contributed by atoms with E-state index in [0.29, 0.717) is 12.2 Å². The number of amides is 1. The van der Waals surface area contributed by atoms with Crippen molar-refractivity contribution in [2.24, 2.45) is 0 Å². The Morgan fingerprint density at radius 2 is 2.14 bits per heavy atom. The van der Waals surface area contributed by atoms with Gasteiger partial charge >= 0.3 is 0 Å². The van der Waals surface area contributed by atoms with Gasteiger partial charge in [-0.25, -0.2) is 0 Å². The van der Waals surface area contributed by atoms with Crippen LogP contribution in [-0.4, -0.2) is 30.7 Å². The third-order valence-corrected chi connectivity index (χ3v) is 3.44. The number of carbonyl (C=O) groups is 1. The number of hydrogen-bond acceptors (Lipinski definition) is 4. The lowest BCUT2D eigenvalue weighted by Crippen LogP contribution is -2.29. The Labute approximate surface area is 135 Å². The number of aromatic nitrogens is 1. The molecule has 1 amide bonds. The van der Waals surface area contributed by atoms with Crippen molar-refractivity contribution in [2.45, 2.75) is 6.42 Å². The highest BCUT2D eigenvalue weighted by molar-refractivity contribution is 5.92. The lowest BCUT2D eigenvalue weighted by molar-refractivity contribution is 0.0920. The van der Waals surface area contributed by atoms with Gasteiger partial charge in [0.25, 0.3) is 5.91 Å². The van der Waals surface area contributed by atoms with Gasteiger partial charge in [-0.2, -0.15) is 0 Å². The molecule has 0 unspecified atom stereocenters. The Kier molecular flexibility index (Phi) is 5.75. The average Bonchev–Trinajstić information content (AvgIpc) is 3.04. The van der Waals surface area contributed by atoms with Crippen LogP contribution in [0.1, 0.15) is 17.0 Å². The summed E-state index contributed by atoms with van der Waals surface area (Å²) >= 11 is 0. The predicted molar refractivity (Wildman–Crippen MR) is 87.1 cm³/mol. The highest BCUT2D eigenvalue weighted by Crippen LogP contribution is 2.18. The molecule has 1 aliphatic heterocycles. The lowest BCUT2D eigenvalue weighted by Gasteiger charge is -2.13. The quantitative estimate of drug-likeness (QED) is 0.849. The minimum atomic E-state index is -0.232. The lowest BCUT2D eigenvalue weighted by atomic mass is 10.1. The summed E-state index contributed by atoms with van der Waals surface area (Å²) in [6.07, 6.45) is 3.07. The molecule has 116 valence electrons. The van der Waals surface area contributed by atoms with Crippen molar-refractivity contribution in [1.29, 1.82) is 0 Å². The zero-order valence-electron chi connectivity index (χ0n) is 12.0. The summed E-state index contributed by atoms with van der Waals surface area (Å²) in [5.74, 6) is 0.00695. The van der Waals surface area contributed by atoms with Gasteiger partial charge in [0, 0.05) is 24.7 Å². The van der Waals surface area contributed by atoms with Crippen molar-refractivity contribution in [3.8, 4) is 11.3 Å². The minimum Gasteiger partial charge on any atom is -0.350 e. The fraction of sp³-hybridized carbons (Fsp3) is 0.250. The molecule has 0 bridgehead atoms. The Balaban J connectivity index is 0.00000176. The molecule has 6 heteroatoms. The number of hydrogen-bond donors (Lipinski definition) is 2. The third kappa shape index (κ3) is 3.96. The highest BCUT2D eigenvalue weighted by atomic mass is 35.5. The van der Waals surface area contributed by atoms with Gasteiger partial charge in [-0.1, -0.05) is 47.1 Å². The first-order valence-electron chi connectivity index (χ1n) is 7.02. The summed E-state index contributed by atoms with van der Waals surface area (Å²) in [7, 11) is 0. The second-order valence-electron chi connectivity index (χ2n) is 4.94. The van der Waals surface area contributed by atoms with E-state index in [1.807, 2.05) is 30.3 Å². The molecule has 0 aliphatic carbocycles. The van der Waals surface area contributed by atoms with E-state index < -0.39 is 0 Å². The third-order valence-electron chi connectivity index (χ3n) is 3.44. The van der Waals surface area contributed by atoms with E-state index in [9.17, 15) is 4.79 Å². The summed E-state index contributed by atoms with van der Waals surface area (Å²) in [6.45, 7) is 2.38. The zero-order valence-corrected chi connectivity index (χ0v) is 12.9. The topological polar surface area (TPSA) is 67.2 Å². The maximum Gasteiger partial charge on any atom is 0.290 e. The van der Waals surface area contributed by atoms with Gasteiger partial charge in [0.2, 0.25) is 5.76 Å². The van der Waals surface area contributed by atoms with Crippen molar-refractivity contribution >= 4 is 18.3 Å². The maximum atomic E-state index is 12.0. The van der Waals surface area contributed by atoms with E-state index in [4.69, 9.17) is 4.52 Å². The van der Waals surface area contributed by atoms with Crippen LogP contribution in [0.15, 0.2) is 52.6 Å². The second-order valence-corrected chi connectivity index (χ2v) is 4.94. The first-order valence-corrected chi connectivity index (χ1v) is 7.02. The van der Waals surface area contributed by atoms with Crippen LogP contribution in [0, 0.1) is 0 Å². The summed E-state index contributed by atoms with van der Waals surface area (Å²) < 4.78 is 5.13. The van der Waals surface area contributed by atoms with Crippen molar-refractivity contribution in [1.82, 2.24) is 15.8 Å². The number of nitrogens with zero attached hydrogens (tertiary/aromatic N) is 1. The highest BCUT2D eigenvalue weighted by Gasteiger charge is 2.14. The summed E-state index contributed by atoms with van der Waals surface area (Å²) in [5.41, 5.74) is 2.84. The second kappa shape index (κ2) is 7.77. The van der Waals surface area contributed by atoms with Crippen molar-refractivity contribution in [3.05, 3.63) is 53.8 Å². The summed E-state index contributed by atoms with van der Waals surface area (Å²) in [6, 6.07) is 11.3. The average molecular weight is 320 g/mol. The van der Waals surface area contributed by atoms with Gasteiger partial charge in [-0.15, -0.1) is 12.4 Å². The van der Waals surface area contributed by atoms with E-state index in [0.717, 1.165) is 25.1 Å². The number of benzene rings is 1. The van der Waals surface area contributed by atoms with Gasteiger partial charge < -0.3 is 15.2 Å². The Morgan fingerprint density at radius 3 is 2.86 bits per heavy atom. The molecule has 0 radical (unpaired) electrons. The van der Waals surface area contributed by atoms with E-state index in [1.165, 1.54) is 5.57 Å². The number of rotatable bonds is 4. The molecule has 2 aromatic rings. The standard InChI is InChI=1S/C16H17N3O2.ClH/c20-16(18-11-12-6-8-17-9-7-12)15-10-14(19-21-15)13-4-2-1-3-5-13;/h1-6,10,17H,7-9,11H2,(H,18,20);1H. The molecule has 22 heavy (non-hydrogen) atoms. The first kappa shape index (κ1) is 16.3. The van der Waals surface area contributed by atoms with Crippen LogP contribution in [-0.2, 0) is 0 Å². The van der Waals surface area contributed by atoms with Gasteiger partial charge in [0.05, 0.1) is 0 Å². The Hall–Kier alpha value is -2.11. The molecular formula is C16H18ClN3O2. The van der Waals surface area contributed by atoms with Gasteiger partial charge in [0.1, 0.15) is 5.69 Å². The van der Waals surface area contributed by atoms with Crippen LogP contribution >= 0.6 is 12.4 Å². The van der Waals surface area contributed by atoms with Crippen molar-refractivity contribution < 1.29 is 9.32 Å². The molecule has 0 saturated carbocycles. The smallest absolute Gasteiger partial charge is 0.290 e. The summed E-state index contributed by atoms with van der Waals surface area (Å²) in [5, 5.41) is 10.0. The van der Waals surface area contributed by atoms with Crippen molar-refractivity contribution in [3.63, 3.8) is 0 Å². The van der Waals surface area contributed by atoms with Gasteiger partial charge in [-0.3, -0.25) is 4.79 Å². The molecule has 5 nitrogen and oxygen atoms in total. The number of carbonyl (C=O) groups excluding carboxylic acids is 1. The van der Waals surface area contributed by atoms with E-state index in [1.54, 1.807) is 6.07 Å². The number of halogens is 1. The van der Waals surface area contributed by atoms with E-state index >= 15 is 0 Å². The van der Waals surface area contributed by atoms with Crippen molar-refractivity contribution in [2.75, 3.05) is 19.6 Å². The molecule has 3 rings (SSSR count). The van der Waals surface area contributed by atoms with Crippen LogP contribution in [0.5, 0.6) is 0 Å². The van der Waals surface area contributed by atoms with Crippen LogP contribution in [0.25, 0.3) is 11.3 Å². The number of nitrogens with one attached hydrogen (secondary N) is 2. The molecular weight excluding hydrogens is 302 g/mol. The molecule has 0 atom stereocenters. The molecule has 2 heterocycles. The normalized spacial score (nSPS) is 13.9. The van der Waals surface area contributed by atoms with Gasteiger partial charge in [0.15, 0.2) is 0 Å². The van der Waals surface area contributed by atoms with Crippen LogP contribution in [0.4, 0.5) is 0 Å². The molecule has 0 spiro atoms. The largest absolute Gasteiger partial charge is 0.350 e. The molecule has 2 N–H and O–H groups in total. The maximum absolute atomic E-state index is 12.0. The minimum absolute atomic E-state index is 0. The molecule has 1 aromatic carbocycles. The molecule has 1 aliphatic rings. The molecule has 0 saturated heterocycles. The summed E-state index contributed by atoms with van der Waals surface area (Å²) in [4.78, 5) is 12.0.